The Morgan fingerprint density at radius 3 is 2.88 bits per heavy atom. The highest BCUT2D eigenvalue weighted by molar-refractivity contribution is 5.74. The van der Waals surface area contributed by atoms with Crippen LogP contribution in [0.2, 0.25) is 0 Å². The predicted molar refractivity (Wildman–Crippen MR) is 93.3 cm³/mol. The quantitative estimate of drug-likeness (QED) is 0.610. The van der Waals surface area contributed by atoms with Crippen molar-refractivity contribution < 1.29 is 4.74 Å². The van der Waals surface area contributed by atoms with E-state index in [0.717, 1.165) is 17.0 Å². The standard InChI is InChI=1S/C18H15N7O/c1-11-17(23-24-22-11)13-7-16(18-14(8-19)9-21-25(18)10-13)26-12(2)15-5-3-4-6-20-15/h3-7,9-10,12H,1-2H3,(H,22,23,24). The van der Waals surface area contributed by atoms with Gasteiger partial charge < -0.3 is 4.74 Å². The number of ether oxygens (including phenoxy) is 1. The Hall–Kier alpha value is -3.73. The second-order valence-electron chi connectivity index (χ2n) is 5.83. The number of H-pyrrole nitrogens is 1. The highest BCUT2D eigenvalue weighted by Crippen LogP contribution is 2.32. The van der Waals surface area contributed by atoms with Gasteiger partial charge in [0.05, 0.1) is 17.6 Å². The number of aryl methyl sites for hydroxylation is 1. The van der Waals surface area contributed by atoms with Crippen molar-refractivity contribution >= 4 is 5.52 Å². The largest absolute Gasteiger partial charge is 0.482 e. The SMILES string of the molecule is Cc1n[nH]nc1-c1cc(OC(C)c2ccccn2)c2c(C#N)cnn2c1. The molecular formula is C18H15N7O. The first-order valence-electron chi connectivity index (χ1n) is 8.04. The molecule has 4 aromatic rings. The van der Waals surface area contributed by atoms with Gasteiger partial charge in [-0.05, 0) is 32.0 Å². The molecule has 0 saturated carbocycles. The lowest BCUT2D eigenvalue weighted by Gasteiger charge is -2.16. The fraction of sp³-hybridized carbons (Fsp3) is 0.167. The molecule has 8 nitrogen and oxygen atoms in total. The monoisotopic (exact) mass is 345 g/mol. The number of hydrogen-bond donors (Lipinski definition) is 1. The molecule has 1 atom stereocenters. The molecule has 0 aromatic carbocycles. The molecule has 8 heteroatoms. The molecule has 0 bridgehead atoms. The number of pyridine rings is 2. The van der Waals surface area contributed by atoms with E-state index in [0.29, 0.717) is 22.5 Å². The van der Waals surface area contributed by atoms with Crippen LogP contribution in [0.4, 0.5) is 0 Å². The van der Waals surface area contributed by atoms with E-state index in [4.69, 9.17) is 4.74 Å². The van der Waals surface area contributed by atoms with Crippen LogP contribution in [0.1, 0.15) is 30.0 Å². The molecule has 0 amide bonds. The molecular weight excluding hydrogens is 330 g/mol. The van der Waals surface area contributed by atoms with Crippen molar-refractivity contribution in [2.45, 2.75) is 20.0 Å². The summed E-state index contributed by atoms with van der Waals surface area (Å²) in [6.07, 6.45) is 4.75. The van der Waals surface area contributed by atoms with Gasteiger partial charge in [0.2, 0.25) is 0 Å². The molecule has 0 aliphatic carbocycles. The predicted octanol–water partition coefficient (Wildman–Crippen LogP) is 2.83. The Morgan fingerprint density at radius 1 is 1.31 bits per heavy atom. The van der Waals surface area contributed by atoms with Crippen molar-refractivity contribution in [2.24, 2.45) is 0 Å². The van der Waals surface area contributed by atoms with Gasteiger partial charge in [0.15, 0.2) is 0 Å². The van der Waals surface area contributed by atoms with Crippen LogP contribution in [0.25, 0.3) is 16.8 Å². The topological polar surface area (TPSA) is 105 Å². The highest BCUT2D eigenvalue weighted by atomic mass is 16.5. The van der Waals surface area contributed by atoms with Crippen LogP contribution in [0.3, 0.4) is 0 Å². The first-order chi connectivity index (χ1) is 12.7. The number of aromatic amines is 1. The second-order valence-corrected chi connectivity index (χ2v) is 5.83. The average molecular weight is 345 g/mol. The normalized spacial score (nSPS) is 12.0. The summed E-state index contributed by atoms with van der Waals surface area (Å²) in [4.78, 5) is 4.33. The maximum Gasteiger partial charge on any atom is 0.148 e. The molecule has 0 spiro atoms. The highest BCUT2D eigenvalue weighted by Gasteiger charge is 2.18. The molecule has 1 unspecified atom stereocenters. The lowest BCUT2D eigenvalue weighted by atomic mass is 10.1. The van der Waals surface area contributed by atoms with Gasteiger partial charge in [0.25, 0.3) is 0 Å². The van der Waals surface area contributed by atoms with Gasteiger partial charge in [-0.3, -0.25) is 4.98 Å². The van der Waals surface area contributed by atoms with Crippen molar-refractivity contribution in [3.63, 3.8) is 0 Å². The van der Waals surface area contributed by atoms with Gasteiger partial charge in [-0.15, -0.1) is 0 Å². The zero-order valence-corrected chi connectivity index (χ0v) is 14.2. The summed E-state index contributed by atoms with van der Waals surface area (Å²) in [5.74, 6) is 0.539. The first-order valence-corrected chi connectivity index (χ1v) is 8.04. The van der Waals surface area contributed by atoms with E-state index in [1.54, 1.807) is 16.9 Å². The molecule has 0 aliphatic rings. The summed E-state index contributed by atoms with van der Waals surface area (Å²) in [7, 11) is 0. The number of hydrogen-bond acceptors (Lipinski definition) is 6. The summed E-state index contributed by atoms with van der Waals surface area (Å²) in [5, 5.41) is 24.5. The number of nitrogens with zero attached hydrogens (tertiary/aromatic N) is 6. The number of nitriles is 1. The molecule has 4 aromatic heterocycles. The van der Waals surface area contributed by atoms with Crippen LogP contribution >= 0.6 is 0 Å². The van der Waals surface area contributed by atoms with Gasteiger partial charge in [0, 0.05) is 18.0 Å². The van der Waals surface area contributed by atoms with Crippen molar-refractivity contribution in [3.05, 3.63) is 59.8 Å². The second kappa shape index (κ2) is 6.29. The third-order valence-corrected chi connectivity index (χ3v) is 4.10. The van der Waals surface area contributed by atoms with Crippen molar-refractivity contribution in [2.75, 3.05) is 0 Å². The van der Waals surface area contributed by atoms with E-state index < -0.39 is 0 Å². The van der Waals surface area contributed by atoms with Gasteiger partial charge >= 0.3 is 0 Å². The molecule has 0 fully saturated rings. The fourth-order valence-corrected chi connectivity index (χ4v) is 2.81. The molecule has 1 N–H and O–H groups in total. The zero-order chi connectivity index (χ0) is 18.1. The third-order valence-electron chi connectivity index (χ3n) is 4.10. The Morgan fingerprint density at radius 2 is 2.19 bits per heavy atom. The third kappa shape index (κ3) is 2.65. The van der Waals surface area contributed by atoms with Gasteiger partial charge in [-0.2, -0.15) is 25.8 Å². The maximum absolute atomic E-state index is 9.40. The Balaban J connectivity index is 1.84. The minimum Gasteiger partial charge on any atom is -0.482 e. The number of nitrogens with one attached hydrogen (secondary N) is 1. The Labute approximate surface area is 149 Å². The smallest absolute Gasteiger partial charge is 0.148 e. The first kappa shape index (κ1) is 15.8. The molecule has 0 saturated heterocycles. The summed E-state index contributed by atoms with van der Waals surface area (Å²) < 4.78 is 7.79. The number of aromatic nitrogens is 6. The van der Waals surface area contributed by atoms with E-state index in [9.17, 15) is 5.26 Å². The lowest BCUT2D eigenvalue weighted by Crippen LogP contribution is -2.06. The maximum atomic E-state index is 9.40. The van der Waals surface area contributed by atoms with Crippen molar-refractivity contribution in [3.8, 4) is 23.1 Å². The molecule has 128 valence electrons. The molecule has 0 radical (unpaired) electrons. The van der Waals surface area contributed by atoms with Gasteiger partial charge in [-0.25, -0.2) is 4.52 Å². The Kier molecular flexibility index (Phi) is 3.82. The van der Waals surface area contributed by atoms with Crippen LogP contribution < -0.4 is 4.74 Å². The summed E-state index contributed by atoms with van der Waals surface area (Å²) in [6, 6.07) is 9.67. The zero-order valence-electron chi connectivity index (χ0n) is 14.2. The molecule has 26 heavy (non-hydrogen) atoms. The van der Waals surface area contributed by atoms with E-state index in [2.05, 4.69) is 31.6 Å². The molecule has 0 aliphatic heterocycles. The van der Waals surface area contributed by atoms with E-state index >= 15 is 0 Å². The summed E-state index contributed by atoms with van der Waals surface area (Å²) in [5.41, 5.74) is 4.11. The molecule has 4 rings (SSSR count). The van der Waals surface area contributed by atoms with Crippen LogP contribution in [-0.4, -0.2) is 30.0 Å². The van der Waals surface area contributed by atoms with Crippen LogP contribution in [0.5, 0.6) is 5.75 Å². The number of rotatable bonds is 4. The van der Waals surface area contributed by atoms with Gasteiger partial charge in [-0.1, -0.05) is 6.07 Å². The minimum atomic E-state index is -0.296. The number of fused-ring (bicyclic) bond motifs is 1. The van der Waals surface area contributed by atoms with Gasteiger partial charge in [0.1, 0.15) is 34.7 Å². The van der Waals surface area contributed by atoms with Crippen molar-refractivity contribution in [1.29, 1.82) is 5.26 Å². The van der Waals surface area contributed by atoms with E-state index in [-0.39, 0.29) is 6.10 Å². The van der Waals surface area contributed by atoms with E-state index in [1.165, 1.54) is 6.20 Å². The van der Waals surface area contributed by atoms with Crippen LogP contribution in [-0.2, 0) is 0 Å². The average Bonchev–Trinajstić information content (AvgIpc) is 3.28. The Bertz CT molecular complexity index is 1110. The van der Waals surface area contributed by atoms with Crippen molar-refractivity contribution in [1.82, 2.24) is 30.0 Å². The van der Waals surface area contributed by atoms with E-state index in [1.807, 2.05) is 38.1 Å². The lowest BCUT2D eigenvalue weighted by molar-refractivity contribution is 0.224. The fourth-order valence-electron chi connectivity index (χ4n) is 2.81. The summed E-state index contributed by atoms with van der Waals surface area (Å²) in [6.45, 7) is 3.78. The van der Waals surface area contributed by atoms with Crippen LogP contribution in [0, 0.1) is 18.3 Å². The molecule has 4 heterocycles. The minimum absolute atomic E-state index is 0.296. The van der Waals surface area contributed by atoms with Crippen LogP contribution in [0.15, 0.2) is 42.9 Å². The summed E-state index contributed by atoms with van der Waals surface area (Å²) >= 11 is 0.